The molecule has 0 unspecified atom stereocenters. The number of rotatable bonds is 4. The number of piperidine rings is 1. The number of halogens is 4. The number of aromatic nitrogens is 1. The molecule has 1 amide bonds. The fraction of sp³-hybridized carbons (Fsp3) is 0.192. The zero-order valence-electron chi connectivity index (χ0n) is 19.4. The number of carbonyl (C=O) groups is 1. The smallest absolute Gasteiger partial charge is 0.256 e. The van der Waals surface area contributed by atoms with Crippen molar-refractivity contribution in [2.75, 3.05) is 13.6 Å². The first kappa shape index (κ1) is 25.2. The maximum Gasteiger partial charge on any atom is 0.256 e. The van der Waals surface area contributed by atoms with Gasteiger partial charge in [-0.1, -0.05) is 11.6 Å². The SMILES string of the molecule is CN/C(=C1/CCN(C(=O)c2cc(F)cc(-c3ccc(=O)[nH]c3)c2Cl)[C@H](C)C1=N)c1cc(F)cc(F)c1. The molecule has 36 heavy (non-hydrogen) atoms. The van der Waals surface area contributed by atoms with Gasteiger partial charge in [0.05, 0.1) is 22.3 Å². The third-order valence-electron chi connectivity index (χ3n) is 6.14. The van der Waals surface area contributed by atoms with Crippen LogP contribution in [0.25, 0.3) is 16.8 Å². The number of aromatic amines is 1. The van der Waals surface area contributed by atoms with Gasteiger partial charge in [0, 0.05) is 54.3 Å². The molecule has 0 spiro atoms. The lowest BCUT2D eigenvalue weighted by molar-refractivity contribution is 0.0728. The highest BCUT2D eigenvalue weighted by molar-refractivity contribution is 6.36. The van der Waals surface area contributed by atoms with Gasteiger partial charge in [-0.05, 0) is 49.2 Å². The van der Waals surface area contributed by atoms with Gasteiger partial charge < -0.3 is 20.6 Å². The molecular formula is C26H22ClF3N4O2. The molecule has 1 saturated heterocycles. The monoisotopic (exact) mass is 514 g/mol. The number of benzene rings is 2. The Hall–Kier alpha value is -3.85. The van der Waals surface area contributed by atoms with Gasteiger partial charge >= 0.3 is 0 Å². The number of hydrogen-bond donors (Lipinski definition) is 3. The molecule has 1 fully saturated rings. The average Bonchev–Trinajstić information content (AvgIpc) is 2.83. The topological polar surface area (TPSA) is 89.1 Å². The summed E-state index contributed by atoms with van der Waals surface area (Å²) in [5, 5.41) is 11.6. The summed E-state index contributed by atoms with van der Waals surface area (Å²) in [5.74, 6) is -2.74. The maximum absolute atomic E-state index is 14.5. The first-order chi connectivity index (χ1) is 17.1. The van der Waals surface area contributed by atoms with Crippen LogP contribution in [0.3, 0.4) is 0 Å². The second kappa shape index (κ2) is 10.0. The summed E-state index contributed by atoms with van der Waals surface area (Å²) in [7, 11) is 1.59. The van der Waals surface area contributed by atoms with E-state index < -0.39 is 29.4 Å². The van der Waals surface area contributed by atoms with Crippen LogP contribution in [0.1, 0.15) is 29.3 Å². The molecule has 1 aliphatic heterocycles. The first-order valence-corrected chi connectivity index (χ1v) is 11.4. The van der Waals surface area contributed by atoms with E-state index in [9.17, 15) is 22.8 Å². The third-order valence-corrected chi connectivity index (χ3v) is 6.55. The lowest BCUT2D eigenvalue weighted by Crippen LogP contribution is -2.48. The molecule has 4 rings (SSSR count). The van der Waals surface area contributed by atoms with Crippen molar-refractivity contribution < 1.29 is 18.0 Å². The molecule has 2 heterocycles. The van der Waals surface area contributed by atoms with Gasteiger partial charge in [0.2, 0.25) is 5.56 Å². The van der Waals surface area contributed by atoms with E-state index in [1.807, 2.05) is 0 Å². The minimum absolute atomic E-state index is 0.0136. The fourth-order valence-corrected chi connectivity index (χ4v) is 4.66. The number of nitrogens with one attached hydrogen (secondary N) is 3. The largest absolute Gasteiger partial charge is 0.387 e. The van der Waals surface area contributed by atoms with Crippen molar-refractivity contribution in [2.45, 2.75) is 19.4 Å². The van der Waals surface area contributed by atoms with Gasteiger partial charge in [-0.2, -0.15) is 0 Å². The molecule has 0 bridgehead atoms. The van der Waals surface area contributed by atoms with E-state index in [4.69, 9.17) is 17.0 Å². The van der Waals surface area contributed by atoms with Crippen molar-refractivity contribution in [2.24, 2.45) is 0 Å². The quantitative estimate of drug-likeness (QED) is 0.458. The van der Waals surface area contributed by atoms with E-state index in [-0.39, 0.29) is 45.9 Å². The van der Waals surface area contributed by atoms with Gasteiger partial charge in [-0.3, -0.25) is 9.59 Å². The number of carbonyl (C=O) groups excluding carboxylic acids is 1. The molecule has 3 aromatic rings. The number of hydrogen-bond acceptors (Lipinski definition) is 4. The number of likely N-dealkylation sites (tertiary alicyclic amines) is 1. The highest BCUT2D eigenvalue weighted by Crippen LogP contribution is 2.34. The lowest BCUT2D eigenvalue weighted by Gasteiger charge is -2.36. The molecule has 1 aliphatic rings. The maximum atomic E-state index is 14.5. The Morgan fingerprint density at radius 2 is 1.78 bits per heavy atom. The normalized spacial score (nSPS) is 17.2. The van der Waals surface area contributed by atoms with Gasteiger partial charge in [-0.15, -0.1) is 0 Å². The molecular weight excluding hydrogens is 493 g/mol. The number of H-pyrrole nitrogens is 1. The Labute approximate surface area is 209 Å². The number of amides is 1. The summed E-state index contributed by atoms with van der Waals surface area (Å²) >= 11 is 6.51. The van der Waals surface area contributed by atoms with Crippen LogP contribution in [0, 0.1) is 22.9 Å². The lowest BCUT2D eigenvalue weighted by atomic mass is 9.90. The summed E-state index contributed by atoms with van der Waals surface area (Å²) in [6.45, 7) is 1.82. The van der Waals surface area contributed by atoms with Crippen molar-refractivity contribution in [1.29, 1.82) is 5.41 Å². The van der Waals surface area contributed by atoms with E-state index in [2.05, 4.69) is 10.3 Å². The highest BCUT2D eigenvalue weighted by Gasteiger charge is 2.34. The van der Waals surface area contributed by atoms with Crippen LogP contribution in [0.15, 0.2) is 59.0 Å². The second-order valence-corrected chi connectivity index (χ2v) is 8.73. The Balaban J connectivity index is 1.68. The van der Waals surface area contributed by atoms with E-state index in [0.29, 0.717) is 16.8 Å². The summed E-state index contributed by atoms with van der Waals surface area (Å²) in [5.41, 5.74) is 1.48. The van der Waals surface area contributed by atoms with Crippen molar-refractivity contribution in [3.05, 3.63) is 98.2 Å². The molecule has 0 saturated carbocycles. The van der Waals surface area contributed by atoms with Crippen LogP contribution in [0.5, 0.6) is 0 Å². The second-order valence-electron chi connectivity index (χ2n) is 8.36. The average molecular weight is 515 g/mol. The van der Waals surface area contributed by atoms with E-state index in [1.165, 1.54) is 41.4 Å². The van der Waals surface area contributed by atoms with Crippen LogP contribution >= 0.6 is 11.6 Å². The highest BCUT2D eigenvalue weighted by atomic mass is 35.5. The van der Waals surface area contributed by atoms with Crippen molar-refractivity contribution >= 4 is 28.9 Å². The van der Waals surface area contributed by atoms with E-state index in [1.54, 1.807) is 14.0 Å². The minimum Gasteiger partial charge on any atom is -0.387 e. The minimum atomic E-state index is -0.746. The van der Waals surface area contributed by atoms with Gasteiger partial charge in [0.25, 0.3) is 5.91 Å². The van der Waals surface area contributed by atoms with Gasteiger partial charge in [-0.25, -0.2) is 13.2 Å². The van der Waals surface area contributed by atoms with Crippen molar-refractivity contribution in [3.63, 3.8) is 0 Å². The van der Waals surface area contributed by atoms with E-state index in [0.717, 1.165) is 12.1 Å². The predicted molar refractivity (Wildman–Crippen MR) is 133 cm³/mol. The molecule has 6 nitrogen and oxygen atoms in total. The predicted octanol–water partition coefficient (Wildman–Crippen LogP) is 5.00. The van der Waals surface area contributed by atoms with Crippen molar-refractivity contribution in [1.82, 2.24) is 15.2 Å². The Kier molecular flexibility index (Phi) is 7.03. The molecule has 2 aromatic carbocycles. The van der Waals surface area contributed by atoms with Crippen LogP contribution in [0.4, 0.5) is 13.2 Å². The summed E-state index contributed by atoms with van der Waals surface area (Å²) in [6, 6.07) is 7.33. The molecule has 0 radical (unpaired) electrons. The Bertz CT molecular complexity index is 1430. The van der Waals surface area contributed by atoms with Gasteiger partial charge in [0.1, 0.15) is 17.5 Å². The summed E-state index contributed by atoms with van der Waals surface area (Å²) in [4.78, 5) is 28.7. The molecule has 1 aromatic heterocycles. The van der Waals surface area contributed by atoms with Crippen LogP contribution < -0.4 is 10.9 Å². The first-order valence-electron chi connectivity index (χ1n) is 11.1. The standard InChI is InChI=1S/C26H22ClF3N4O2/c1-13-24(31)19(25(32-2)15-7-16(28)9-17(29)8-15)5-6-34(13)26(36)21-11-18(30)10-20(23(21)27)14-3-4-22(35)33-12-14/h3-4,7-13,31-32H,5-6H2,1-2H3,(H,33,35)/b25-19-,31-24?/t13-/m1/s1. The Morgan fingerprint density at radius 3 is 2.39 bits per heavy atom. The zero-order valence-corrected chi connectivity index (χ0v) is 20.1. The summed E-state index contributed by atoms with van der Waals surface area (Å²) < 4.78 is 42.1. The third kappa shape index (κ3) is 4.79. The molecule has 0 aliphatic carbocycles. The van der Waals surface area contributed by atoms with Crippen molar-refractivity contribution in [3.8, 4) is 11.1 Å². The fourth-order valence-electron chi connectivity index (χ4n) is 4.36. The summed E-state index contributed by atoms with van der Waals surface area (Å²) in [6.07, 6.45) is 1.60. The molecule has 10 heteroatoms. The molecule has 186 valence electrons. The van der Waals surface area contributed by atoms with Gasteiger partial charge in [0.15, 0.2) is 0 Å². The number of pyridine rings is 1. The van der Waals surface area contributed by atoms with Crippen LogP contribution in [-0.2, 0) is 0 Å². The van der Waals surface area contributed by atoms with Crippen LogP contribution in [-0.4, -0.2) is 41.1 Å². The Morgan fingerprint density at radius 1 is 1.11 bits per heavy atom. The van der Waals surface area contributed by atoms with E-state index >= 15 is 0 Å². The molecule has 3 N–H and O–H groups in total. The van der Waals surface area contributed by atoms with Crippen LogP contribution in [0.2, 0.25) is 5.02 Å². The molecule has 1 atom stereocenters. The zero-order chi connectivity index (χ0) is 26.1. The number of nitrogens with zero attached hydrogens (tertiary/aromatic N) is 1.